The lowest BCUT2D eigenvalue weighted by molar-refractivity contribution is -0.302. The summed E-state index contributed by atoms with van der Waals surface area (Å²) in [5.74, 6) is -0.182. The first-order chi connectivity index (χ1) is 41.8. The molecule has 1 fully saturated rings. The second-order valence-electron chi connectivity index (χ2n) is 26.4. The van der Waals surface area contributed by atoms with Gasteiger partial charge in [0.05, 0.1) is 25.4 Å². The van der Waals surface area contributed by atoms with E-state index in [0.717, 1.165) is 44.9 Å². The molecular weight excluding hydrogens is 1050 g/mol. The van der Waals surface area contributed by atoms with Gasteiger partial charge in [0, 0.05) is 6.42 Å². The lowest BCUT2D eigenvalue weighted by Gasteiger charge is -2.40. The molecule has 0 aromatic heterocycles. The van der Waals surface area contributed by atoms with E-state index in [0.29, 0.717) is 6.42 Å². The van der Waals surface area contributed by atoms with E-state index in [1.807, 2.05) is 6.08 Å². The number of hydrogen-bond acceptors (Lipinski definition) is 8. The smallest absolute Gasteiger partial charge is 0.220 e. The standard InChI is InChI=1S/C76H145NO8/c1-3-5-7-9-11-13-15-17-19-21-23-25-27-29-31-33-35-36-38-40-42-44-46-48-50-52-54-56-58-60-62-64-66-72(80)77-69(68-84-76-75(83)74(82)73(81)71(67-78)85-76)70(79)65-63-61-59-57-55-53-51-49-47-45-43-41-39-37-34-32-30-28-26-24-22-20-18-16-14-12-10-8-6-4-2/h47,49,55,57,63,65,69-71,73-76,78-79,81-83H,3-46,48,50-54,56,58-62,64,66-68H2,1-2H3,(H,77,80)/b49-47+,57-55+,65-63+. The van der Waals surface area contributed by atoms with Gasteiger partial charge >= 0.3 is 0 Å². The first kappa shape index (κ1) is 81.4. The predicted molar refractivity (Wildman–Crippen MR) is 364 cm³/mol. The van der Waals surface area contributed by atoms with Gasteiger partial charge in [-0.3, -0.25) is 4.79 Å². The maximum Gasteiger partial charge on any atom is 0.220 e. The summed E-state index contributed by atoms with van der Waals surface area (Å²) in [6.45, 7) is 3.82. The maximum atomic E-state index is 13.1. The minimum absolute atomic E-state index is 0.182. The van der Waals surface area contributed by atoms with Gasteiger partial charge in [-0.1, -0.05) is 371 Å². The summed E-state index contributed by atoms with van der Waals surface area (Å²) in [5.41, 5.74) is 0. The zero-order valence-electron chi connectivity index (χ0n) is 56.4. The van der Waals surface area contributed by atoms with Crippen molar-refractivity contribution in [1.82, 2.24) is 5.32 Å². The van der Waals surface area contributed by atoms with Crippen molar-refractivity contribution < 1.29 is 39.8 Å². The van der Waals surface area contributed by atoms with Crippen LogP contribution >= 0.6 is 0 Å². The molecule has 9 nitrogen and oxygen atoms in total. The number of carbonyl (C=O) groups excluding carboxylic acids is 1. The topological polar surface area (TPSA) is 149 Å². The summed E-state index contributed by atoms with van der Waals surface area (Å²) in [4.78, 5) is 13.1. The quantitative estimate of drug-likeness (QED) is 0.0261. The number of ether oxygens (including phenoxy) is 2. The Balaban J connectivity index is 2.12. The van der Waals surface area contributed by atoms with E-state index < -0.39 is 49.5 Å². The molecule has 0 aromatic rings. The Morgan fingerprint density at radius 1 is 0.388 bits per heavy atom. The van der Waals surface area contributed by atoms with Crippen molar-refractivity contribution >= 4 is 5.91 Å². The fourth-order valence-corrected chi connectivity index (χ4v) is 12.3. The van der Waals surface area contributed by atoms with E-state index in [1.54, 1.807) is 6.08 Å². The highest BCUT2D eigenvalue weighted by atomic mass is 16.7. The minimum atomic E-state index is -1.58. The molecule has 1 aliphatic heterocycles. The van der Waals surface area contributed by atoms with Crippen LogP contribution in [0.4, 0.5) is 0 Å². The van der Waals surface area contributed by atoms with Crippen molar-refractivity contribution in [2.24, 2.45) is 0 Å². The van der Waals surface area contributed by atoms with Crippen LogP contribution in [0.15, 0.2) is 36.5 Å². The summed E-state index contributed by atoms with van der Waals surface area (Å²) < 4.78 is 11.3. The number of nitrogens with one attached hydrogen (secondary N) is 1. The molecule has 1 heterocycles. The number of hydrogen-bond donors (Lipinski definition) is 6. The molecular formula is C76H145NO8. The average Bonchev–Trinajstić information content (AvgIpc) is 3.71. The van der Waals surface area contributed by atoms with Gasteiger partial charge in [0.25, 0.3) is 0 Å². The number of rotatable bonds is 67. The lowest BCUT2D eigenvalue weighted by atomic mass is 9.99. The van der Waals surface area contributed by atoms with Crippen molar-refractivity contribution in [3.05, 3.63) is 36.5 Å². The summed E-state index contributed by atoms with van der Waals surface area (Å²) in [5, 5.41) is 54.8. The maximum absolute atomic E-state index is 13.1. The lowest BCUT2D eigenvalue weighted by Crippen LogP contribution is -2.60. The Labute approximate surface area is 527 Å². The summed E-state index contributed by atoms with van der Waals surface area (Å²) in [7, 11) is 0. The fraction of sp³-hybridized carbons (Fsp3) is 0.908. The highest BCUT2D eigenvalue weighted by Gasteiger charge is 2.44. The third-order valence-electron chi connectivity index (χ3n) is 18.2. The average molecular weight is 1200 g/mol. The van der Waals surface area contributed by atoms with Gasteiger partial charge in [0.2, 0.25) is 5.91 Å². The molecule has 7 atom stereocenters. The first-order valence-corrected chi connectivity index (χ1v) is 37.7. The summed E-state index contributed by atoms with van der Waals surface area (Å²) in [6, 6.07) is -0.828. The van der Waals surface area contributed by atoms with Crippen LogP contribution in [0.5, 0.6) is 0 Å². The van der Waals surface area contributed by atoms with Crippen LogP contribution in [0.25, 0.3) is 0 Å². The molecule has 9 heteroatoms. The summed E-state index contributed by atoms with van der Waals surface area (Å²) in [6.07, 6.45) is 81.4. The number of aliphatic hydroxyl groups is 5. The van der Waals surface area contributed by atoms with Gasteiger partial charge in [-0.2, -0.15) is 0 Å². The second-order valence-corrected chi connectivity index (χ2v) is 26.4. The molecule has 1 rings (SSSR count). The minimum Gasteiger partial charge on any atom is -0.394 e. The van der Waals surface area contributed by atoms with Crippen molar-refractivity contribution in [2.45, 2.75) is 429 Å². The Morgan fingerprint density at radius 2 is 0.671 bits per heavy atom. The number of unbranched alkanes of at least 4 members (excludes halogenated alkanes) is 53. The van der Waals surface area contributed by atoms with Gasteiger partial charge in [0.15, 0.2) is 6.29 Å². The van der Waals surface area contributed by atoms with Crippen molar-refractivity contribution in [3.8, 4) is 0 Å². The van der Waals surface area contributed by atoms with Crippen molar-refractivity contribution in [2.75, 3.05) is 13.2 Å². The molecule has 502 valence electrons. The van der Waals surface area contributed by atoms with Gasteiger partial charge in [0.1, 0.15) is 24.4 Å². The van der Waals surface area contributed by atoms with Gasteiger partial charge in [-0.25, -0.2) is 0 Å². The molecule has 0 radical (unpaired) electrons. The third-order valence-corrected chi connectivity index (χ3v) is 18.2. The van der Waals surface area contributed by atoms with Crippen LogP contribution in [-0.4, -0.2) is 87.5 Å². The van der Waals surface area contributed by atoms with E-state index in [4.69, 9.17) is 9.47 Å². The molecule has 1 saturated heterocycles. The Bertz CT molecular complexity index is 1440. The SMILES string of the molecule is CCCCCCCCCCCCCCCCCCCCCC/C=C/CC/C=C/CC/C=C/C(O)C(COC1OC(CO)C(O)C(O)C1O)NC(=O)CCCCCCCCCCCCCCCCCCCCCCCCCCCCCCCCCC. The zero-order valence-corrected chi connectivity index (χ0v) is 56.4. The molecule has 0 aliphatic carbocycles. The van der Waals surface area contributed by atoms with Crippen LogP contribution in [0.1, 0.15) is 386 Å². The van der Waals surface area contributed by atoms with Gasteiger partial charge in [-0.15, -0.1) is 0 Å². The normalized spacial score (nSPS) is 18.2. The molecule has 0 saturated carbocycles. The third kappa shape index (κ3) is 53.9. The molecule has 0 bridgehead atoms. The molecule has 0 aromatic carbocycles. The first-order valence-electron chi connectivity index (χ1n) is 37.7. The van der Waals surface area contributed by atoms with E-state index in [2.05, 4.69) is 43.5 Å². The Kier molecular flexibility index (Phi) is 62.6. The highest BCUT2D eigenvalue weighted by molar-refractivity contribution is 5.76. The molecule has 0 spiro atoms. The number of carbonyl (C=O) groups is 1. The van der Waals surface area contributed by atoms with Crippen LogP contribution < -0.4 is 5.32 Å². The van der Waals surface area contributed by atoms with Crippen LogP contribution in [0.3, 0.4) is 0 Å². The fourth-order valence-electron chi connectivity index (χ4n) is 12.3. The Hall–Kier alpha value is -1.59. The van der Waals surface area contributed by atoms with E-state index in [-0.39, 0.29) is 12.5 Å². The predicted octanol–water partition coefficient (Wildman–Crippen LogP) is 21.0. The molecule has 6 N–H and O–H groups in total. The molecule has 1 amide bonds. The van der Waals surface area contributed by atoms with Crippen molar-refractivity contribution in [1.29, 1.82) is 0 Å². The van der Waals surface area contributed by atoms with Crippen LogP contribution in [0.2, 0.25) is 0 Å². The van der Waals surface area contributed by atoms with E-state index in [1.165, 1.54) is 321 Å². The monoisotopic (exact) mass is 1200 g/mol. The van der Waals surface area contributed by atoms with Crippen LogP contribution in [-0.2, 0) is 14.3 Å². The van der Waals surface area contributed by atoms with Crippen molar-refractivity contribution in [3.63, 3.8) is 0 Å². The van der Waals surface area contributed by atoms with Crippen LogP contribution in [0, 0.1) is 0 Å². The van der Waals surface area contributed by atoms with E-state index >= 15 is 0 Å². The second kappa shape index (κ2) is 65.4. The molecule has 7 unspecified atom stereocenters. The molecule has 1 aliphatic rings. The number of amides is 1. The molecule has 85 heavy (non-hydrogen) atoms. The van der Waals surface area contributed by atoms with Gasteiger partial charge in [-0.05, 0) is 44.9 Å². The number of allylic oxidation sites excluding steroid dienone is 5. The summed E-state index contributed by atoms with van der Waals surface area (Å²) >= 11 is 0. The number of aliphatic hydroxyl groups excluding tert-OH is 5. The highest BCUT2D eigenvalue weighted by Crippen LogP contribution is 2.24. The van der Waals surface area contributed by atoms with E-state index in [9.17, 15) is 30.3 Å². The largest absolute Gasteiger partial charge is 0.394 e. The zero-order chi connectivity index (χ0) is 61.4. The van der Waals surface area contributed by atoms with Gasteiger partial charge < -0.3 is 40.3 Å². The Morgan fingerprint density at radius 3 is 0.988 bits per heavy atom.